The van der Waals surface area contributed by atoms with Gasteiger partial charge in [0.05, 0.1) is 19.9 Å². The predicted molar refractivity (Wildman–Crippen MR) is 82.2 cm³/mol. The van der Waals surface area contributed by atoms with Crippen LogP contribution in [0, 0.1) is 5.92 Å². The van der Waals surface area contributed by atoms with Gasteiger partial charge in [-0.3, -0.25) is 4.79 Å². The van der Waals surface area contributed by atoms with Crippen molar-refractivity contribution in [3.8, 4) is 11.5 Å². The molecule has 0 atom stereocenters. The third-order valence-corrected chi connectivity index (χ3v) is 4.68. The minimum absolute atomic E-state index is 0.202. The zero-order chi connectivity index (χ0) is 14.8. The highest BCUT2D eigenvalue weighted by Gasteiger charge is 2.32. The second-order valence-corrected chi connectivity index (χ2v) is 5.90. The molecule has 2 aliphatic rings. The summed E-state index contributed by atoms with van der Waals surface area (Å²) in [5.74, 6) is 2.06. The summed E-state index contributed by atoms with van der Waals surface area (Å²) in [5, 5.41) is 0. The first-order valence-electron chi connectivity index (χ1n) is 7.81. The highest BCUT2D eigenvalue weighted by Crippen LogP contribution is 2.40. The summed E-state index contributed by atoms with van der Waals surface area (Å²) >= 11 is 0. The molecule has 3 rings (SSSR count). The van der Waals surface area contributed by atoms with E-state index in [1.807, 2.05) is 17.0 Å². The zero-order valence-corrected chi connectivity index (χ0v) is 12.9. The third kappa shape index (κ3) is 2.59. The van der Waals surface area contributed by atoms with Gasteiger partial charge in [-0.2, -0.15) is 0 Å². The summed E-state index contributed by atoms with van der Waals surface area (Å²) in [6.07, 6.45) is 6.37. The molecule has 114 valence electrons. The lowest BCUT2D eigenvalue weighted by Gasteiger charge is -2.32. The Kier molecular flexibility index (Phi) is 4.04. The van der Waals surface area contributed by atoms with E-state index >= 15 is 0 Å². The predicted octanol–water partition coefficient (Wildman–Crippen LogP) is 3.17. The number of methoxy groups -OCH3 is 2. The van der Waals surface area contributed by atoms with Crippen LogP contribution in [0.15, 0.2) is 12.1 Å². The SMILES string of the molecule is COc1cc(OC)c2c(c1)N(C(=O)C1CCCC1)CCC2. The average molecular weight is 289 g/mol. The molecule has 1 aromatic rings. The summed E-state index contributed by atoms with van der Waals surface area (Å²) in [4.78, 5) is 14.8. The first-order valence-corrected chi connectivity index (χ1v) is 7.81. The highest BCUT2D eigenvalue weighted by atomic mass is 16.5. The molecule has 1 aliphatic carbocycles. The van der Waals surface area contributed by atoms with Gasteiger partial charge in [-0.05, 0) is 25.7 Å². The van der Waals surface area contributed by atoms with Crippen molar-refractivity contribution in [2.75, 3.05) is 25.7 Å². The molecule has 1 aliphatic heterocycles. The summed E-state index contributed by atoms with van der Waals surface area (Å²) < 4.78 is 10.8. The number of benzene rings is 1. The second kappa shape index (κ2) is 5.96. The van der Waals surface area contributed by atoms with E-state index in [0.29, 0.717) is 0 Å². The standard InChI is InChI=1S/C17H23NO3/c1-20-13-10-15-14(16(11-13)21-2)8-5-9-18(15)17(19)12-6-3-4-7-12/h10-12H,3-9H2,1-2H3. The normalized spacial score (nSPS) is 18.5. The van der Waals surface area contributed by atoms with Crippen LogP contribution in [0.1, 0.15) is 37.7 Å². The van der Waals surface area contributed by atoms with Crippen LogP contribution in [0.4, 0.5) is 5.69 Å². The Bertz CT molecular complexity index is 535. The molecule has 1 aromatic carbocycles. The number of carbonyl (C=O) groups excluding carboxylic acids is 1. The monoisotopic (exact) mass is 289 g/mol. The number of fused-ring (bicyclic) bond motifs is 1. The molecular formula is C17H23NO3. The van der Waals surface area contributed by atoms with Gasteiger partial charge in [0.15, 0.2) is 0 Å². The van der Waals surface area contributed by atoms with E-state index in [-0.39, 0.29) is 11.8 Å². The molecule has 1 amide bonds. The van der Waals surface area contributed by atoms with Gasteiger partial charge in [0.25, 0.3) is 0 Å². The Morgan fingerprint density at radius 2 is 1.90 bits per heavy atom. The summed E-state index contributed by atoms with van der Waals surface area (Å²) in [5.41, 5.74) is 2.12. The minimum Gasteiger partial charge on any atom is -0.497 e. The van der Waals surface area contributed by atoms with Gasteiger partial charge in [-0.1, -0.05) is 12.8 Å². The smallest absolute Gasteiger partial charge is 0.230 e. The first kappa shape index (κ1) is 14.2. The molecule has 0 spiro atoms. The average Bonchev–Trinajstić information content (AvgIpc) is 3.06. The van der Waals surface area contributed by atoms with E-state index in [1.165, 1.54) is 12.8 Å². The van der Waals surface area contributed by atoms with Crippen LogP contribution in [0.25, 0.3) is 0 Å². The largest absolute Gasteiger partial charge is 0.497 e. The van der Waals surface area contributed by atoms with Gasteiger partial charge in [-0.25, -0.2) is 0 Å². The summed E-state index contributed by atoms with van der Waals surface area (Å²) in [6, 6.07) is 3.88. The van der Waals surface area contributed by atoms with Gasteiger partial charge in [0, 0.05) is 30.2 Å². The number of carbonyl (C=O) groups is 1. The number of nitrogens with zero attached hydrogens (tertiary/aromatic N) is 1. The maximum atomic E-state index is 12.8. The second-order valence-electron chi connectivity index (χ2n) is 5.90. The molecule has 1 saturated carbocycles. The van der Waals surface area contributed by atoms with E-state index in [9.17, 15) is 4.79 Å². The van der Waals surface area contributed by atoms with Gasteiger partial charge in [0.2, 0.25) is 5.91 Å². The van der Waals surface area contributed by atoms with Crippen LogP contribution in [0.3, 0.4) is 0 Å². The molecule has 4 nitrogen and oxygen atoms in total. The van der Waals surface area contributed by atoms with Gasteiger partial charge < -0.3 is 14.4 Å². The number of ether oxygens (including phenoxy) is 2. The Morgan fingerprint density at radius 3 is 2.57 bits per heavy atom. The Labute approximate surface area is 126 Å². The van der Waals surface area contributed by atoms with E-state index in [1.54, 1.807) is 14.2 Å². The zero-order valence-electron chi connectivity index (χ0n) is 12.9. The minimum atomic E-state index is 0.202. The van der Waals surface area contributed by atoms with E-state index in [0.717, 1.165) is 55.0 Å². The molecule has 4 heteroatoms. The molecule has 1 heterocycles. The van der Waals surface area contributed by atoms with Gasteiger partial charge in [-0.15, -0.1) is 0 Å². The van der Waals surface area contributed by atoms with Gasteiger partial charge in [0.1, 0.15) is 11.5 Å². The highest BCUT2D eigenvalue weighted by molar-refractivity contribution is 5.97. The lowest BCUT2D eigenvalue weighted by Crippen LogP contribution is -2.39. The van der Waals surface area contributed by atoms with E-state index < -0.39 is 0 Å². The van der Waals surface area contributed by atoms with Crippen molar-refractivity contribution in [3.05, 3.63) is 17.7 Å². The van der Waals surface area contributed by atoms with Crippen LogP contribution in [0.2, 0.25) is 0 Å². The van der Waals surface area contributed by atoms with Crippen LogP contribution < -0.4 is 14.4 Å². The van der Waals surface area contributed by atoms with Gasteiger partial charge >= 0.3 is 0 Å². The molecule has 0 unspecified atom stereocenters. The van der Waals surface area contributed by atoms with Crippen molar-refractivity contribution >= 4 is 11.6 Å². The molecule has 0 saturated heterocycles. The number of amides is 1. The fourth-order valence-corrected chi connectivity index (χ4v) is 3.55. The van der Waals surface area contributed by atoms with Crippen LogP contribution in [-0.4, -0.2) is 26.7 Å². The van der Waals surface area contributed by atoms with Crippen LogP contribution >= 0.6 is 0 Å². The summed E-state index contributed by atoms with van der Waals surface area (Å²) in [6.45, 7) is 0.804. The quantitative estimate of drug-likeness (QED) is 0.858. The Hall–Kier alpha value is -1.71. The fraction of sp³-hybridized carbons (Fsp3) is 0.588. The van der Waals surface area contributed by atoms with Crippen molar-refractivity contribution in [1.82, 2.24) is 0 Å². The number of rotatable bonds is 3. The molecular weight excluding hydrogens is 266 g/mol. The Balaban J connectivity index is 1.97. The number of hydrogen-bond donors (Lipinski definition) is 0. The molecule has 1 fully saturated rings. The van der Waals surface area contributed by atoms with Crippen molar-refractivity contribution in [3.63, 3.8) is 0 Å². The Morgan fingerprint density at radius 1 is 1.14 bits per heavy atom. The first-order chi connectivity index (χ1) is 10.2. The maximum Gasteiger partial charge on any atom is 0.230 e. The van der Waals surface area contributed by atoms with Crippen molar-refractivity contribution in [2.45, 2.75) is 38.5 Å². The number of hydrogen-bond acceptors (Lipinski definition) is 3. The third-order valence-electron chi connectivity index (χ3n) is 4.68. The summed E-state index contributed by atoms with van der Waals surface area (Å²) in [7, 11) is 3.32. The topological polar surface area (TPSA) is 38.8 Å². The lowest BCUT2D eigenvalue weighted by molar-refractivity contribution is -0.122. The molecule has 0 N–H and O–H groups in total. The van der Waals surface area contributed by atoms with E-state index in [4.69, 9.17) is 9.47 Å². The van der Waals surface area contributed by atoms with Crippen LogP contribution in [0.5, 0.6) is 11.5 Å². The van der Waals surface area contributed by atoms with Crippen molar-refractivity contribution in [2.24, 2.45) is 5.92 Å². The molecule has 21 heavy (non-hydrogen) atoms. The molecule has 0 bridgehead atoms. The van der Waals surface area contributed by atoms with E-state index in [2.05, 4.69) is 0 Å². The fourth-order valence-electron chi connectivity index (χ4n) is 3.55. The number of anilines is 1. The maximum absolute atomic E-state index is 12.8. The van der Waals surface area contributed by atoms with Crippen molar-refractivity contribution in [1.29, 1.82) is 0 Å². The molecule has 0 radical (unpaired) electrons. The van der Waals surface area contributed by atoms with Crippen LogP contribution in [-0.2, 0) is 11.2 Å². The lowest BCUT2D eigenvalue weighted by atomic mass is 9.97. The van der Waals surface area contributed by atoms with Crippen molar-refractivity contribution < 1.29 is 14.3 Å². The molecule has 0 aromatic heterocycles.